The second-order valence-corrected chi connectivity index (χ2v) is 9.85. The molecular weight excluding hydrogens is 432 g/mol. The average molecular weight is 463 g/mol. The molecule has 0 radical (unpaired) electrons. The van der Waals surface area contributed by atoms with Gasteiger partial charge in [-0.15, -0.1) is 11.3 Å². The Kier molecular flexibility index (Phi) is 7.92. The minimum Gasteiger partial charge on any atom is -0.367 e. The number of hydrogen-bond acceptors (Lipinski definition) is 4. The maximum Gasteiger partial charge on any atom is 0.249 e. The molecule has 0 spiro atoms. The van der Waals surface area contributed by atoms with Gasteiger partial charge in [-0.1, -0.05) is 60.7 Å². The van der Waals surface area contributed by atoms with Gasteiger partial charge in [0.2, 0.25) is 11.8 Å². The molecule has 0 bridgehead atoms. The van der Waals surface area contributed by atoms with E-state index >= 15 is 0 Å². The summed E-state index contributed by atoms with van der Waals surface area (Å²) in [4.78, 5) is 32.3. The predicted molar refractivity (Wildman–Crippen MR) is 131 cm³/mol. The molecule has 1 aliphatic rings. The predicted octanol–water partition coefficient (Wildman–Crippen LogP) is 4.79. The Bertz CT molecular complexity index is 1050. The van der Waals surface area contributed by atoms with Gasteiger partial charge in [-0.2, -0.15) is 0 Å². The first kappa shape index (κ1) is 23.2. The summed E-state index contributed by atoms with van der Waals surface area (Å²) in [5.74, 6) is -0.151. The van der Waals surface area contributed by atoms with Crippen LogP contribution in [0.5, 0.6) is 0 Å². The molecule has 5 nitrogen and oxygen atoms in total. The molecule has 1 aromatic heterocycles. The molecule has 1 saturated carbocycles. The highest BCUT2D eigenvalue weighted by Crippen LogP contribution is 2.27. The van der Waals surface area contributed by atoms with Crippen LogP contribution in [0, 0.1) is 6.92 Å². The molecule has 2 amide bonds. The first-order valence-electron chi connectivity index (χ1n) is 11.4. The lowest BCUT2D eigenvalue weighted by Crippen LogP contribution is -2.44. The lowest BCUT2D eigenvalue weighted by atomic mass is 10.2. The van der Waals surface area contributed by atoms with Crippen LogP contribution in [0.4, 0.5) is 0 Å². The Morgan fingerprint density at radius 1 is 0.879 bits per heavy atom. The maximum absolute atomic E-state index is 13.4. The molecule has 1 fully saturated rings. The van der Waals surface area contributed by atoms with Gasteiger partial charge in [-0.05, 0) is 43.0 Å². The normalized spacial score (nSPS) is 13.0. The van der Waals surface area contributed by atoms with E-state index in [1.54, 1.807) is 16.2 Å². The number of rotatable bonds is 11. The molecule has 172 valence electrons. The van der Waals surface area contributed by atoms with Gasteiger partial charge in [0.05, 0.1) is 13.2 Å². The number of nitrogens with zero attached hydrogens (tertiary/aromatic N) is 2. The molecule has 0 atom stereocenters. The fourth-order valence-electron chi connectivity index (χ4n) is 3.76. The third-order valence-electron chi connectivity index (χ3n) is 5.66. The molecule has 1 aliphatic carbocycles. The number of amides is 2. The molecule has 0 saturated heterocycles. The van der Waals surface area contributed by atoms with Gasteiger partial charge < -0.3 is 14.5 Å². The van der Waals surface area contributed by atoms with Crippen LogP contribution in [-0.2, 0) is 34.0 Å². The van der Waals surface area contributed by atoms with E-state index in [0.29, 0.717) is 19.7 Å². The summed E-state index contributed by atoms with van der Waals surface area (Å²) < 4.78 is 5.66. The van der Waals surface area contributed by atoms with E-state index in [1.807, 2.05) is 65.6 Å². The van der Waals surface area contributed by atoms with Gasteiger partial charge >= 0.3 is 0 Å². The summed E-state index contributed by atoms with van der Waals surface area (Å²) in [6.07, 6.45) is 1.89. The SMILES string of the molecule is Cc1ccc(CN(Cc2ccccc2)C(=O)CN(C(=O)COCc2ccccc2)C2CC2)s1. The third kappa shape index (κ3) is 7.01. The molecule has 0 unspecified atom stereocenters. The molecule has 2 aromatic carbocycles. The molecular formula is C27H30N2O3S. The van der Waals surface area contributed by atoms with Crippen molar-refractivity contribution in [2.45, 2.75) is 45.5 Å². The first-order chi connectivity index (χ1) is 16.1. The zero-order chi connectivity index (χ0) is 23.0. The zero-order valence-electron chi connectivity index (χ0n) is 19.0. The van der Waals surface area contributed by atoms with Crippen LogP contribution in [0.25, 0.3) is 0 Å². The summed E-state index contributed by atoms with van der Waals surface area (Å²) in [6.45, 7) is 3.60. The van der Waals surface area contributed by atoms with Crippen molar-refractivity contribution in [2.75, 3.05) is 13.2 Å². The van der Waals surface area contributed by atoms with Crippen molar-refractivity contribution in [1.82, 2.24) is 9.80 Å². The second-order valence-electron chi connectivity index (χ2n) is 8.48. The standard InChI is InChI=1S/C27H30N2O3S/c1-21-12-15-25(33-21)17-28(16-22-8-4-2-5-9-22)26(30)18-29(24-13-14-24)27(31)20-32-19-23-10-6-3-7-11-23/h2-12,15,24H,13-14,16-20H2,1H3. The quantitative estimate of drug-likeness (QED) is 0.412. The van der Waals surface area contributed by atoms with E-state index in [4.69, 9.17) is 4.74 Å². The Labute approximate surface area is 199 Å². The lowest BCUT2D eigenvalue weighted by molar-refractivity contribution is -0.144. The average Bonchev–Trinajstić information content (AvgIpc) is 3.59. The topological polar surface area (TPSA) is 49.9 Å². The van der Waals surface area contributed by atoms with E-state index in [-0.39, 0.29) is 31.0 Å². The Hall–Kier alpha value is -2.96. The van der Waals surface area contributed by atoms with E-state index in [9.17, 15) is 9.59 Å². The van der Waals surface area contributed by atoms with Crippen molar-refractivity contribution in [1.29, 1.82) is 0 Å². The first-order valence-corrected chi connectivity index (χ1v) is 12.2. The highest BCUT2D eigenvalue weighted by Gasteiger charge is 2.34. The summed E-state index contributed by atoms with van der Waals surface area (Å²) in [7, 11) is 0. The highest BCUT2D eigenvalue weighted by molar-refractivity contribution is 7.11. The summed E-state index contributed by atoms with van der Waals surface area (Å²) in [5, 5.41) is 0. The number of thiophene rings is 1. The van der Waals surface area contributed by atoms with Crippen molar-refractivity contribution < 1.29 is 14.3 Å². The zero-order valence-corrected chi connectivity index (χ0v) is 19.8. The van der Waals surface area contributed by atoms with Gasteiger partial charge in [0.25, 0.3) is 0 Å². The minimum absolute atomic E-state index is 0.0124. The van der Waals surface area contributed by atoms with Gasteiger partial charge in [-0.25, -0.2) is 0 Å². The number of benzene rings is 2. The largest absolute Gasteiger partial charge is 0.367 e. The van der Waals surface area contributed by atoms with Crippen LogP contribution < -0.4 is 0 Å². The van der Waals surface area contributed by atoms with Crippen molar-refractivity contribution in [2.24, 2.45) is 0 Å². The van der Waals surface area contributed by atoms with Crippen LogP contribution in [0.3, 0.4) is 0 Å². The van der Waals surface area contributed by atoms with Crippen LogP contribution >= 0.6 is 11.3 Å². The molecule has 4 rings (SSSR count). The second kappa shape index (κ2) is 11.3. The van der Waals surface area contributed by atoms with Crippen LogP contribution in [-0.4, -0.2) is 40.8 Å². The molecule has 0 aliphatic heterocycles. The Balaban J connectivity index is 1.39. The molecule has 33 heavy (non-hydrogen) atoms. The molecule has 3 aromatic rings. The monoisotopic (exact) mass is 462 g/mol. The van der Waals surface area contributed by atoms with Crippen molar-refractivity contribution >= 4 is 23.2 Å². The third-order valence-corrected chi connectivity index (χ3v) is 6.65. The van der Waals surface area contributed by atoms with Crippen molar-refractivity contribution in [3.63, 3.8) is 0 Å². The van der Waals surface area contributed by atoms with Gasteiger partial charge in [0.15, 0.2) is 0 Å². The van der Waals surface area contributed by atoms with E-state index in [2.05, 4.69) is 19.1 Å². The fraction of sp³-hybridized carbons (Fsp3) is 0.333. The number of ether oxygens (including phenoxy) is 1. The number of hydrogen-bond donors (Lipinski definition) is 0. The van der Waals surface area contributed by atoms with Gasteiger partial charge in [-0.3, -0.25) is 9.59 Å². The summed E-state index contributed by atoms with van der Waals surface area (Å²) in [5.41, 5.74) is 2.11. The van der Waals surface area contributed by atoms with Gasteiger partial charge in [0, 0.05) is 22.3 Å². The van der Waals surface area contributed by atoms with Crippen molar-refractivity contribution in [3.05, 3.63) is 93.7 Å². The van der Waals surface area contributed by atoms with Crippen molar-refractivity contribution in [3.8, 4) is 0 Å². The Morgan fingerprint density at radius 3 is 2.15 bits per heavy atom. The Morgan fingerprint density at radius 2 is 1.55 bits per heavy atom. The number of aryl methyl sites for hydroxylation is 1. The molecule has 1 heterocycles. The fourth-order valence-corrected chi connectivity index (χ4v) is 4.67. The number of carbonyl (C=O) groups is 2. The van der Waals surface area contributed by atoms with E-state index < -0.39 is 0 Å². The highest BCUT2D eigenvalue weighted by atomic mass is 32.1. The van der Waals surface area contributed by atoms with Gasteiger partial charge in [0.1, 0.15) is 13.2 Å². The number of carbonyl (C=O) groups excluding carboxylic acids is 2. The van der Waals surface area contributed by atoms with E-state index in [0.717, 1.165) is 28.8 Å². The van der Waals surface area contributed by atoms with E-state index in [1.165, 1.54) is 4.88 Å². The van der Waals surface area contributed by atoms with Crippen LogP contribution in [0.15, 0.2) is 72.8 Å². The molecule has 0 N–H and O–H groups in total. The maximum atomic E-state index is 13.4. The van der Waals surface area contributed by atoms with Crippen LogP contribution in [0.1, 0.15) is 33.7 Å². The lowest BCUT2D eigenvalue weighted by Gasteiger charge is -2.27. The van der Waals surface area contributed by atoms with Crippen LogP contribution in [0.2, 0.25) is 0 Å². The summed E-state index contributed by atoms with van der Waals surface area (Å²) >= 11 is 1.70. The summed E-state index contributed by atoms with van der Waals surface area (Å²) in [6, 6.07) is 24.1. The molecule has 6 heteroatoms. The smallest absolute Gasteiger partial charge is 0.249 e. The minimum atomic E-state index is -0.117.